The van der Waals surface area contributed by atoms with Crippen LogP contribution in [0.3, 0.4) is 0 Å². The minimum absolute atomic E-state index is 0.00608. The van der Waals surface area contributed by atoms with Crippen LogP contribution in [0.4, 0.5) is 0 Å². The first kappa shape index (κ1) is 19.3. The Morgan fingerprint density at radius 2 is 1.76 bits per heavy atom. The molecule has 3 aromatic rings. The van der Waals surface area contributed by atoms with E-state index in [1.165, 1.54) is 11.1 Å². The van der Waals surface area contributed by atoms with Gasteiger partial charge in [-0.2, -0.15) is 8.42 Å². The van der Waals surface area contributed by atoms with Crippen LogP contribution in [0.25, 0.3) is 0 Å². The summed E-state index contributed by atoms with van der Waals surface area (Å²) in [4.78, 5) is 0. The van der Waals surface area contributed by atoms with Crippen molar-refractivity contribution in [2.75, 3.05) is 12.9 Å². The minimum atomic E-state index is -3.57. The molecule has 0 fully saturated rings. The lowest BCUT2D eigenvalue weighted by Crippen LogP contribution is -2.25. The van der Waals surface area contributed by atoms with Gasteiger partial charge in [0.25, 0.3) is 0 Å². The summed E-state index contributed by atoms with van der Waals surface area (Å²) in [6.45, 7) is 2.54. The molecule has 0 aliphatic carbocycles. The molecule has 2 atom stereocenters. The topological polar surface area (TPSA) is 72.8 Å². The largest absolute Gasteiger partial charge is 0.508 e. The second-order valence-electron chi connectivity index (χ2n) is 7.39. The van der Waals surface area contributed by atoms with Gasteiger partial charge in [-0.05, 0) is 36.2 Å². The van der Waals surface area contributed by atoms with Crippen molar-refractivity contribution in [2.45, 2.75) is 18.8 Å². The average Bonchev–Trinajstić information content (AvgIpc) is 2.66. The average molecular weight is 410 g/mol. The number of ether oxygens (including phenoxy) is 1. The number of aryl methyl sites for hydroxylation is 1. The summed E-state index contributed by atoms with van der Waals surface area (Å²) >= 11 is 0. The quantitative estimate of drug-likeness (QED) is 0.648. The molecule has 0 saturated carbocycles. The van der Waals surface area contributed by atoms with Crippen LogP contribution in [0, 0.1) is 6.92 Å². The van der Waals surface area contributed by atoms with Crippen molar-refractivity contribution in [1.82, 2.24) is 0 Å². The van der Waals surface area contributed by atoms with E-state index in [2.05, 4.69) is 25.1 Å². The number of phenols is 1. The van der Waals surface area contributed by atoms with E-state index >= 15 is 0 Å². The first-order valence-electron chi connectivity index (χ1n) is 9.32. The van der Waals surface area contributed by atoms with Crippen LogP contribution in [-0.2, 0) is 10.1 Å². The molecule has 5 nitrogen and oxygen atoms in total. The van der Waals surface area contributed by atoms with Crippen molar-refractivity contribution in [1.29, 1.82) is 0 Å². The predicted octanol–water partition coefficient (Wildman–Crippen LogP) is 4.35. The van der Waals surface area contributed by atoms with E-state index in [1.807, 2.05) is 24.3 Å². The molecular weight excluding hydrogens is 388 g/mol. The van der Waals surface area contributed by atoms with E-state index in [0.717, 1.165) is 17.4 Å². The van der Waals surface area contributed by atoms with Crippen molar-refractivity contribution in [3.05, 3.63) is 89.0 Å². The highest BCUT2D eigenvalue weighted by Crippen LogP contribution is 2.47. The number of aromatic hydroxyl groups is 1. The van der Waals surface area contributed by atoms with Crippen LogP contribution in [0.1, 0.15) is 34.1 Å². The van der Waals surface area contributed by atoms with Gasteiger partial charge in [-0.25, -0.2) is 0 Å². The summed E-state index contributed by atoms with van der Waals surface area (Å²) in [5.74, 6) is 1.17. The molecule has 1 heterocycles. The van der Waals surface area contributed by atoms with E-state index in [9.17, 15) is 13.5 Å². The van der Waals surface area contributed by atoms with Crippen LogP contribution in [0.5, 0.6) is 17.2 Å². The molecule has 1 aliphatic heterocycles. The van der Waals surface area contributed by atoms with Crippen molar-refractivity contribution in [3.8, 4) is 17.2 Å². The fourth-order valence-electron chi connectivity index (χ4n) is 3.90. The van der Waals surface area contributed by atoms with Crippen LogP contribution < -0.4 is 8.92 Å². The molecule has 0 aromatic heterocycles. The summed E-state index contributed by atoms with van der Waals surface area (Å²) in [5.41, 5.74) is 4.35. The fraction of sp³-hybridized carbons (Fsp3) is 0.217. The van der Waals surface area contributed by atoms with Gasteiger partial charge >= 0.3 is 10.1 Å². The van der Waals surface area contributed by atoms with E-state index in [1.54, 1.807) is 24.3 Å². The SMILES string of the molecule is Cc1cccc(C2COc3cc(O)ccc3C2c2ccc(OS(C)(=O)=O)cc2)c1. The predicted molar refractivity (Wildman–Crippen MR) is 111 cm³/mol. The fourth-order valence-corrected chi connectivity index (χ4v) is 4.37. The number of phenolic OH excluding ortho intramolecular Hbond substituents is 1. The minimum Gasteiger partial charge on any atom is -0.508 e. The van der Waals surface area contributed by atoms with Gasteiger partial charge in [-0.15, -0.1) is 0 Å². The number of hydrogen-bond acceptors (Lipinski definition) is 5. The second-order valence-corrected chi connectivity index (χ2v) is 8.96. The molecule has 0 spiro atoms. The van der Waals surface area contributed by atoms with Gasteiger partial charge in [0.05, 0.1) is 12.9 Å². The highest BCUT2D eigenvalue weighted by molar-refractivity contribution is 7.86. The van der Waals surface area contributed by atoms with Gasteiger partial charge in [0.1, 0.15) is 17.2 Å². The lowest BCUT2D eigenvalue weighted by atomic mass is 9.75. The molecule has 150 valence electrons. The van der Waals surface area contributed by atoms with E-state index in [0.29, 0.717) is 12.4 Å². The Labute approximate surface area is 170 Å². The Balaban J connectivity index is 1.79. The molecule has 0 amide bonds. The Morgan fingerprint density at radius 1 is 1.00 bits per heavy atom. The lowest BCUT2D eigenvalue weighted by molar-refractivity contribution is 0.247. The summed E-state index contributed by atoms with van der Waals surface area (Å²) in [5, 5.41) is 9.86. The molecule has 3 aromatic carbocycles. The zero-order valence-corrected chi connectivity index (χ0v) is 17.0. The third-order valence-corrected chi connectivity index (χ3v) is 5.61. The Morgan fingerprint density at radius 3 is 2.45 bits per heavy atom. The zero-order valence-electron chi connectivity index (χ0n) is 16.2. The van der Waals surface area contributed by atoms with Crippen molar-refractivity contribution in [3.63, 3.8) is 0 Å². The van der Waals surface area contributed by atoms with Gasteiger partial charge in [0.15, 0.2) is 0 Å². The first-order valence-corrected chi connectivity index (χ1v) is 11.1. The maximum Gasteiger partial charge on any atom is 0.306 e. The van der Waals surface area contributed by atoms with Crippen LogP contribution >= 0.6 is 0 Å². The third kappa shape index (κ3) is 4.22. The molecule has 4 rings (SSSR count). The number of hydrogen-bond donors (Lipinski definition) is 1. The molecule has 0 bridgehead atoms. The van der Waals surface area contributed by atoms with Crippen LogP contribution in [0.2, 0.25) is 0 Å². The monoisotopic (exact) mass is 410 g/mol. The number of benzene rings is 3. The molecule has 6 heteroatoms. The van der Waals surface area contributed by atoms with Gasteiger partial charge < -0.3 is 14.0 Å². The van der Waals surface area contributed by atoms with Crippen molar-refractivity contribution >= 4 is 10.1 Å². The standard InChI is InChI=1S/C23H22O5S/c1-15-4-3-5-17(12-15)21-14-27-22-13-18(24)8-11-20(22)23(21)16-6-9-19(10-7-16)28-29(2,25)26/h3-13,21,23-24H,14H2,1-2H3. The van der Waals surface area contributed by atoms with E-state index in [-0.39, 0.29) is 23.3 Å². The summed E-state index contributed by atoms with van der Waals surface area (Å²) in [6.07, 6.45) is 1.02. The van der Waals surface area contributed by atoms with Crippen LogP contribution in [-0.4, -0.2) is 26.4 Å². The van der Waals surface area contributed by atoms with Gasteiger partial charge in [0.2, 0.25) is 0 Å². The molecule has 29 heavy (non-hydrogen) atoms. The Kier molecular flexibility index (Phi) is 4.96. The summed E-state index contributed by atoms with van der Waals surface area (Å²) in [7, 11) is -3.57. The Hall–Kier alpha value is -2.99. The van der Waals surface area contributed by atoms with Crippen molar-refractivity contribution < 1.29 is 22.4 Å². The van der Waals surface area contributed by atoms with Crippen molar-refractivity contribution in [2.24, 2.45) is 0 Å². The lowest BCUT2D eigenvalue weighted by Gasteiger charge is -2.34. The van der Waals surface area contributed by atoms with Gasteiger partial charge in [-0.3, -0.25) is 0 Å². The first-order chi connectivity index (χ1) is 13.8. The van der Waals surface area contributed by atoms with E-state index < -0.39 is 10.1 Å². The third-order valence-electron chi connectivity index (χ3n) is 5.11. The Bertz CT molecular complexity index is 1140. The number of rotatable bonds is 4. The molecular formula is C23H22O5S. The highest BCUT2D eigenvalue weighted by atomic mass is 32.2. The summed E-state index contributed by atoms with van der Waals surface area (Å²) in [6, 6.07) is 20.6. The maximum absolute atomic E-state index is 11.4. The molecule has 0 radical (unpaired) electrons. The second kappa shape index (κ2) is 7.44. The molecule has 0 saturated heterocycles. The smallest absolute Gasteiger partial charge is 0.306 e. The van der Waals surface area contributed by atoms with Crippen LogP contribution in [0.15, 0.2) is 66.7 Å². The van der Waals surface area contributed by atoms with Gasteiger partial charge in [-0.1, -0.05) is 48.0 Å². The van der Waals surface area contributed by atoms with Gasteiger partial charge in [0, 0.05) is 23.5 Å². The molecule has 1 N–H and O–H groups in total. The summed E-state index contributed by atoms with van der Waals surface area (Å²) < 4.78 is 33.7. The van der Waals surface area contributed by atoms with E-state index in [4.69, 9.17) is 8.92 Å². The number of fused-ring (bicyclic) bond motifs is 1. The highest BCUT2D eigenvalue weighted by Gasteiger charge is 2.33. The molecule has 2 unspecified atom stereocenters. The maximum atomic E-state index is 11.4. The molecule has 1 aliphatic rings. The zero-order chi connectivity index (χ0) is 20.6. The normalized spacial score (nSPS) is 18.6.